The minimum atomic E-state index is 0.517. The summed E-state index contributed by atoms with van der Waals surface area (Å²) < 4.78 is 5.72. The van der Waals surface area contributed by atoms with Crippen molar-refractivity contribution in [2.45, 2.75) is 27.3 Å². The minimum absolute atomic E-state index is 0.517. The van der Waals surface area contributed by atoms with Gasteiger partial charge >= 0.3 is 0 Å². The number of aromatic nitrogens is 2. The van der Waals surface area contributed by atoms with E-state index < -0.39 is 0 Å². The second-order valence-electron chi connectivity index (χ2n) is 5.54. The van der Waals surface area contributed by atoms with Crippen molar-refractivity contribution in [1.29, 1.82) is 0 Å². The topological polar surface area (TPSA) is 51.0 Å². The second-order valence-corrected chi connectivity index (χ2v) is 5.54. The van der Waals surface area contributed by atoms with Crippen molar-refractivity contribution in [3.63, 3.8) is 0 Å². The summed E-state index contributed by atoms with van der Waals surface area (Å²) >= 11 is 0. The number of benzene rings is 2. The largest absolute Gasteiger partial charge is 0.419 e. The molecule has 0 fully saturated rings. The number of hydrogen-bond donors (Lipinski definition) is 1. The van der Waals surface area contributed by atoms with Crippen LogP contribution in [0.25, 0.3) is 11.5 Å². The van der Waals surface area contributed by atoms with Crippen LogP contribution in [0.1, 0.15) is 22.6 Å². The van der Waals surface area contributed by atoms with Crippen LogP contribution in [0.3, 0.4) is 0 Å². The smallest absolute Gasteiger partial charge is 0.247 e. The molecule has 3 rings (SSSR count). The van der Waals surface area contributed by atoms with Crippen molar-refractivity contribution in [1.82, 2.24) is 10.2 Å². The van der Waals surface area contributed by atoms with Crippen LogP contribution in [-0.4, -0.2) is 10.2 Å². The molecule has 112 valence electrons. The van der Waals surface area contributed by atoms with Crippen LogP contribution < -0.4 is 5.32 Å². The summed E-state index contributed by atoms with van der Waals surface area (Å²) in [6.07, 6.45) is 0. The van der Waals surface area contributed by atoms with Gasteiger partial charge in [-0.25, -0.2) is 0 Å². The third-order valence-electron chi connectivity index (χ3n) is 3.59. The summed E-state index contributed by atoms with van der Waals surface area (Å²) in [5, 5.41) is 11.6. The SMILES string of the molecule is Cc1ccc(-c2nnc(CNc3cc(C)ccc3C)o2)cc1. The van der Waals surface area contributed by atoms with Gasteiger partial charge in [-0.3, -0.25) is 0 Å². The lowest BCUT2D eigenvalue weighted by Crippen LogP contribution is -2.01. The molecular weight excluding hydrogens is 274 g/mol. The molecule has 4 heteroatoms. The lowest BCUT2D eigenvalue weighted by molar-refractivity contribution is 0.515. The van der Waals surface area contributed by atoms with Crippen LogP contribution in [-0.2, 0) is 6.54 Å². The number of hydrogen-bond acceptors (Lipinski definition) is 4. The van der Waals surface area contributed by atoms with Gasteiger partial charge in [0.05, 0.1) is 6.54 Å². The highest BCUT2D eigenvalue weighted by atomic mass is 16.4. The van der Waals surface area contributed by atoms with Crippen LogP contribution in [0.2, 0.25) is 0 Å². The zero-order valence-corrected chi connectivity index (χ0v) is 13.1. The van der Waals surface area contributed by atoms with E-state index in [4.69, 9.17) is 4.42 Å². The second kappa shape index (κ2) is 6.02. The van der Waals surface area contributed by atoms with Gasteiger partial charge in [0.2, 0.25) is 11.8 Å². The lowest BCUT2D eigenvalue weighted by atomic mass is 10.1. The highest BCUT2D eigenvalue weighted by Gasteiger charge is 2.08. The maximum absolute atomic E-state index is 5.72. The quantitative estimate of drug-likeness (QED) is 0.780. The van der Waals surface area contributed by atoms with Crippen LogP contribution >= 0.6 is 0 Å². The van der Waals surface area contributed by atoms with Gasteiger partial charge in [-0.05, 0) is 50.1 Å². The van der Waals surface area contributed by atoms with Crippen molar-refractivity contribution in [3.05, 3.63) is 65.0 Å². The first-order valence-electron chi connectivity index (χ1n) is 7.32. The van der Waals surface area contributed by atoms with E-state index in [0.717, 1.165) is 11.3 Å². The zero-order valence-electron chi connectivity index (χ0n) is 13.1. The maximum Gasteiger partial charge on any atom is 0.247 e. The fourth-order valence-electron chi connectivity index (χ4n) is 2.23. The normalized spacial score (nSPS) is 10.7. The Kier molecular flexibility index (Phi) is 3.92. The average Bonchev–Trinajstić information content (AvgIpc) is 2.98. The van der Waals surface area contributed by atoms with Crippen molar-refractivity contribution < 1.29 is 4.42 Å². The monoisotopic (exact) mass is 293 g/mol. The Labute approximate surface area is 130 Å². The molecule has 0 saturated carbocycles. The van der Waals surface area contributed by atoms with Crippen LogP contribution in [0, 0.1) is 20.8 Å². The molecule has 0 bridgehead atoms. The molecule has 0 aliphatic heterocycles. The Morgan fingerprint density at radius 1 is 0.909 bits per heavy atom. The molecule has 0 aliphatic carbocycles. The standard InChI is InChI=1S/C18H19N3O/c1-12-5-8-15(9-6-12)18-21-20-17(22-18)11-19-16-10-13(2)4-7-14(16)3/h4-10,19H,11H2,1-3H3. The highest BCUT2D eigenvalue weighted by Crippen LogP contribution is 2.20. The third kappa shape index (κ3) is 3.17. The van der Waals surface area contributed by atoms with Gasteiger partial charge < -0.3 is 9.73 Å². The lowest BCUT2D eigenvalue weighted by Gasteiger charge is -2.08. The number of aryl methyl sites for hydroxylation is 3. The summed E-state index contributed by atoms with van der Waals surface area (Å²) in [5.74, 6) is 1.13. The summed E-state index contributed by atoms with van der Waals surface area (Å²) in [4.78, 5) is 0. The van der Waals surface area contributed by atoms with E-state index >= 15 is 0 Å². The summed E-state index contributed by atoms with van der Waals surface area (Å²) in [7, 11) is 0. The first kappa shape index (κ1) is 14.3. The molecule has 4 nitrogen and oxygen atoms in total. The van der Waals surface area contributed by atoms with E-state index in [1.54, 1.807) is 0 Å². The van der Waals surface area contributed by atoms with E-state index in [-0.39, 0.29) is 0 Å². The molecule has 0 atom stereocenters. The molecule has 0 unspecified atom stereocenters. The van der Waals surface area contributed by atoms with E-state index in [0.29, 0.717) is 18.3 Å². The maximum atomic E-state index is 5.72. The minimum Gasteiger partial charge on any atom is -0.419 e. The molecule has 3 aromatic rings. The fourth-order valence-corrected chi connectivity index (χ4v) is 2.23. The molecule has 0 aliphatic rings. The van der Waals surface area contributed by atoms with Crippen molar-refractivity contribution in [2.24, 2.45) is 0 Å². The molecule has 0 spiro atoms. The van der Waals surface area contributed by atoms with Gasteiger partial charge in [-0.2, -0.15) is 0 Å². The van der Waals surface area contributed by atoms with E-state index in [1.807, 2.05) is 24.3 Å². The van der Waals surface area contributed by atoms with E-state index in [9.17, 15) is 0 Å². The predicted molar refractivity (Wildman–Crippen MR) is 87.7 cm³/mol. The average molecular weight is 293 g/mol. The first-order chi connectivity index (χ1) is 10.6. The third-order valence-corrected chi connectivity index (χ3v) is 3.59. The Morgan fingerprint density at radius 2 is 1.64 bits per heavy atom. The molecule has 1 N–H and O–H groups in total. The summed E-state index contributed by atoms with van der Waals surface area (Å²) in [6.45, 7) is 6.72. The molecule has 0 radical (unpaired) electrons. The van der Waals surface area contributed by atoms with Crippen molar-refractivity contribution in [2.75, 3.05) is 5.32 Å². The number of anilines is 1. The van der Waals surface area contributed by atoms with Gasteiger partial charge in [0.25, 0.3) is 0 Å². The number of rotatable bonds is 4. The van der Waals surface area contributed by atoms with Crippen LogP contribution in [0.5, 0.6) is 0 Å². The molecule has 0 saturated heterocycles. The zero-order chi connectivity index (χ0) is 15.5. The van der Waals surface area contributed by atoms with Gasteiger partial charge in [0.15, 0.2) is 0 Å². The fraction of sp³-hybridized carbons (Fsp3) is 0.222. The Bertz CT molecular complexity index is 775. The van der Waals surface area contributed by atoms with Crippen LogP contribution in [0.4, 0.5) is 5.69 Å². The van der Waals surface area contributed by atoms with Gasteiger partial charge in [-0.15, -0.1) is 10.2 Å². The highest BCUT2D eigenvalue weighted by molar-refractivity contribution is 5.54. The molecule has 1 aromatic heterocycles. The van der Waals surface area contributed by atoms with Crippen molar-refractivity contribution >= 4 is 5.69 Å². The van der Waals surface area contributed by atoms with Gasteiger partial charge in [-0.1, -0.05) is 29.8 Å². The summed E-state index contributed by atoms with van der Waals surface area (Å²) in [6, 6.07) is 14.4. The molecule has 2 aromatic carbocycles. The van der Waals surface area contributed by atoms with Crippen LogP contribution in [0.15, 0.2) is 46.9 Å². The first-order valence-corrected chi connectivity index (χ1v) is 7.32. The Hall–Kier alpha value is -2.62. The van der Waals surface area contributed by atoms with Crippen molar-refractivity contribution in [3.8, 4) is 11.5 Å². The predicted octanol–water partition coefficient (Wildman–Crippen LogP) is 4.27. The molecule has 0 amide bonds. The molecule has 22 heavy (non-hydrogen) atoms. The Balaban J connectivity index is 1.72. The van der Waals surface area contributed by atoms with Gasteiger partial charge in [0.1, 0.15) is 0 Å². The number of nitrogens with zero attached hydrogens (tertiary/aromatic N) is 2. The molecule has 1 heterocycles. The Morgan fingerprint density at radius 3 is 2.41 bits per heavy atom. The van der Waals surface area contributed by atoms with E-state index in [1.165, 1.54) is 16.7 Å². The number of nitrogens with one attached hydrogen (secondary N) is 1. The molecular formula is C18H19N3O. The van der Waals surface area contributed by atoms with E-state index in [2.05, 4.69) is 54.5 Å². The van der Waals surface area contributed by atoms with Gasteiger partial charge in [0, 0.05) is 11.3 Å². The summed E-state index contributed by atoms with van der Waals surface area (Å²) in [5.41, 5.74) is 5.66.